The molecule has 0 bridgehead atoms. The fourth-order valence-corrected chi connectivity index (χ4v) is 1.33. The summed E-state index contributed by atoms with van der Waals surface area (Å²) in [5, 5.41) is 1.57. The van der Waals surface area contributed by atoms with Crippen LogP contribution in [0.1, 0.15) is 10.4 Å². The lowest BCUT2D eigenvalue weighted by Crippen LogP contribution is -2.36. The van der Waals surface area contributed by atoms with E-state index in [1.165, 1.54) is 25.3 Å². The van der Waals surface area contributed by atoms with Gasteiger partial charge in [-0.2, -0.15) is 13.2 Å². The normalized spacial score (nSPS) is 10.9. The van der Waals surface area contributed by atoms with Crippen molar-refractivity contribution in [3.05, 3.63) is 23.8 Å². The molecule has 0 heterocycles. The summed E-state index contributed by atoms with van der Waals surface area (Å²) in [6.07, 6.45) is -4.52. The van der Waals surface area contributed by atoms with E-state index in [-0.39, 0.29) is 11.3 Å². The van der Waals surface area contributed by atoms with E-state index in [0.717, 1.165) is 0 Å². The van der Waals surface area contributed by atoms with Crippen LogP contribution in [0.5, 0.6) is 5.75 Å². The third-order valence-electron chi connectivity index (χ3n) is 2.29. The van der Waals surface area contributed by atoms with Crippen LogP contribution in [0.25, 0.3) is 0 Å². The number of nitrogens with two attached hydrogens (primary N) is 1. The highest BCUT2D eigenvalue weighted by molar-refractivity contribution is 5.92. The quantitative estimate of drug-likeness (QED) is 0.628. The van der Waals surface area contributed by atoms with Crippen LogP contribution in [0.15, 0.2) is 18.2 Å². The third-order valence-corrected chi connectivity index (χ3v) is 2.29. The molecule has 0 aliphatic heterocycles. The van der Waals surface area contributed by atoms with Gasteiger partial charge in [0, 0.05) is 0 Å². The van der Waals surface area contributed by atoms with E-state index in [0.29, 0.717) is 5.75 Å². The summed E-state index contributed by atoms with van der Waals surface area (Å²) in [4.78, 5) is 22.6. The first-order valence-corrected chi connectivity index (χ1v) is 5.67. The average molecular weight is 306 g/mol. The topological polar surface area (TPSA) is 90.6 Å². The van der Waals surface area contributed by atoms with Gasteiger partial charge in [-0.1, -0.05) is 0 Å². The SMILES string of the molecule is COc1ccc(C(=O)OCC(=O)NCC(F)(F)F)cc1N. The van der Waals surface area contributed by atoms with Crippen LogP contribution in [0, 0.1) is 0 Å². The maximum atomic E-state index is 11.8. The van der Waals surface area contributed by atoms with Gasteiger partial charge in [-0.3, -0.25) is 4.79 Å². The number of rotatable bonds is 5. The number of benzene rings is 1. The number of esters is 1. The predicted molar refractivity (Wildman–Crippen MR) is 66.8 cm³/mol. The van der Waals surface area contributed by atoms with Gasteiger partial charge >= 0.3 is 12.1 Å². The number of carbonyl (C=O) groups is 2. The van der Waals surface area contributed by atoms with Gasteiger partial charge < -0.3 is 20.5 Å². The summed E-state index contributed by atoms with van der Waals surface area (Å²) in [5.41, 5.74) is 5.83. The Kier molecular flexibility index (Phi) is 5.39. The number of nitrogens with one attached hydrogen (secondary N) is 1. The van der Waals surface area contributed by atoms with Crippen molar-refractivity contribution in [2.24, 2.45) is 0 Å². The lowest BCUT2D eigenvalue weighted by molar-refractivity contribution is -0.140. The van der Waals surface area contributed by atoms with Gasteiger partial charge in [0.05, 0.1) is 18.4 Å². The summed E-state index contributed by atoms with van der Waals surface area (Å²) in [6, 6.07) is 4.05. The molecule has 0 spiro atoms. The fourth-order valence-electron chi connectivity index (χ4n) is 1.33. The molecule has 1 aromatic carbocycles. The molecule has 1 rings (SSSR count). The molecule has 0 saturated carbocycles. The van der Waals surface area contributed by atoms with Gasteiger partial charge in [-0.15, -0.1) is 0 Å². The van der Waals surface area contributed by atoms with Crippen molar-refractivity contribution in [1.82, 2.24) is 5.32 Å². The molecule has 0 fully saturated rings. The number of methoxy groups -OCH3 is 1. The van der Waals surface area contributed by atoms with Crippen LogP contribution in [0.3, 0.4) is 0 Å². The summed E-state index contributed by atoms with van der Waals surface area (Å²) >= 11 is 0. The average Bonchev–Trinajstić information content (AvgIpc) is 2.41. The van der Waals surface area contributed by atoms with Crippen molar-refractivity contribution in [2.75, 3.05) is 26.0 Å². The van der Waals surface area contributed by atoms with E-state index < -0.39 is 31.2 Å². The molecule has 0 aromatic heterocycles. The highest BCUT2D eigenvalue weighted by Crippen LogP contribution is 2.22. The Bertz CT molecular complexity index is 532. The minimum atomic E-state index is -4.52. The molecular formula is C12H13F3N2O4. The molecule has 9 heteroatoms. The van der Waals surface area contributed by atoms with E-state index in [4.69, 9.17) is 10.5 Å². The number of hydrogen-bond donors (Lipinski definition) is 2. The third kappa shape index (κ3) is 5.59. The van der Waals surface area contributed by atoms with E-state index in [2.05, 4.69) is 4.74 Å². The molecule has 0 atom stereocenters. The highest BCUT2D eigenvalue weighted by atomic mass is 19.4. The Balaban J connectivity index is 2.50. The minimum absolute atomic E-state index is 0.0527. The summed E-state index contributed by atoms with van der Waals surface area (Å²) < 4.78 is 45.0. The molecule has 1 amide bonds. The van der Waals surface area contributed by atoms with Crippen LogP contribution in [-0.2, 0) is 9.53 Å². The summed E-state index contributed by atoms with van der Waals surface area (Å²) in [5.74, 6) is -1.58. The van der Waals surface area contributed by atoms with E-state index >= 15 is 0 Å². The molecule has 116 valence electrons. The van der Waals surface area contributed by atoms with Crippen molar-refractivity contribution in [3.8, 4) is 5.75 Å². The Labute approximate surface area is 118 Å². The zero-order chi connectivity index (χ0) is 16.0. The van der Waals surface area contributed by atoms with E-state index in [1.807, 2.05) is 0 Å². The highest BCUT2D eigenvalue weighted by Gasteiger charge is 2.27. The van der Waals surface area contributed by atoms with Gasteiger partial charge in [0.1, 0.15) is 12.3 Å². The van der Waals surface area contributed by atoms with E-state index in [1.54, 1.807) is 5.32 Å². The Hall–Kier alpha value is -2.45. The first-order chi connectivity index (χ1) is 9.73. The number of hydrogen-bond acceptors (Lipinski definition) is 5. The van der Waals surface area contributed by atoms with Crippen molar-refractivity contribution in [2.45, 2.75) is 6.18 Å². The van der Waals surface area contributed by atoms with Crippen molar-refractivity contribution >= 4 is 17.6 Å². The second kappa shape index (κ2) is 6.82. The smallest absolute Gasteiger partial charge is 0.405 e. The summed E-state index contributed by atoms with van der Waals surface area (Å²) in [7, 11) is 1.40. The number of carbonyl (C=O) groups excluding carboxylic acids is 2. The second-order valence-corrected chi connectivity index (χ2v) is 3.92. The number of amides is 1. The molecule has 1 aromatic rings. The van der Waals surface area contributed by atoms with Crippen molar-refractivity contribution < 1.29 is 32.2 Å². The molecule has 3 N–H and O–H groups in total. The predicted octanol–water partition coefficient (Wildman–Crippen LogP) is 1.11. The number of ether oxygens (including phenoxy) is 2. The monoisotopic (exact) mass is 306 g/mol. The van der Waals surface area contributed by atoms with Gasteiger partial charge in [0.15, 0.2) is 6.61 Å². The molecule has 0 saturated heterocycles. The first kappa shape index (κ1) is 16.6. The van der Waals surface area contributed by atoms with Gasteiger partial charge in [0.25, 0.3) is 5.91 Å². The number of nitrogen functional groups attached to an aromatic ring is 1. The largest absolute Gasteiger partial charge is 0.495 e. The Morgan fingerprint density at radius 3 is 2.52 bits per heavy atom. The zero-order valence-corrected chi connectivity index (χ0v) is 11.0. The fraction of sp³-hybridized carbons (Fsp3) is 0.333. The van der Waals surface area contributed by atoms with Gasteiger partial charge in [-0.05, 0) is 18.2 Å². The molecule has 21 heavy (non-hydrogen) atoms. The van der Waals surface area contributed by atoms with Crippen molar-refractivity contribution in [1.29, 1.82) is 0 Å². The molecule has 0 radical (unpaired) electrons. The standard InChI is InChI=1S/C12H13F3N2O4/c1-20-9-3-2-7(4-8(9)16)11(19)21-5-10(18)17-6-12(13,14)15/h2-4H,5-6,16H2,1H3,(H,17,18). The number of alkyl halides is 3. The lowest BCUT2D eigenvalue weighted by atomic mass is 10.2. The minimum Gasteiger partial charge on any atom is -0.495 e. The maximum Gasteiger partial charge on any atom is 0.405 e. The Morgan fingerprint density at radius 1 is 1.33 bits per heavy atom. The molecule has 0 aliphatic carbocycles. The molecule has 0 aliphatic rings. The number of halogens is 3. The van der Waals surface area contributed by atoms with Crippen LogP contribution >= 0.6 is 0 Å². The zero-order valence-electron chi connectivity index (χ0n) is 11.0. The van der Waals surface area contributed by atoms with Gasteiger partial charge in [-0.25, -0.2) is 4.79 Å². The van der Waals surface area contributed by atoms with E-state index in [9.17, 15) is 22.8 Å². The van der Waals surface area contributed by atoms with Gasteiger partial charge in [0.2, 0.25) is 0 Å². The van der Waals surface area contributed by atoms with Crippen LogP contribution < -0.4 is 15.8 Å². The van der Waals surface area contributed by atoms with Crippen molar-refractivity contribution in [3.63, 3.8) is 0 Å². The van der Waals surface area contributed by atoms with Crippen LogP contribution in [0.2, 0.25) is 0 Å². The molecule has 0 unspecified atom stereocenters. The van der Waals surface area contributed by atoms with Crippen LogP contribution in [-0.4, -0.2) is 38.3 Å². The van der Waals surface area contributed by atoms with Crippen LogP contribution in [0.4, 0.5) is 18.9 Å². The second-order valence-electron chi connectivity index (χ2n) is 3.92. The Morgan fingerprint density at radius 2 is 2.00 bits per heavy atom. The lowest BCUT2D eigenvalue weighted by Gasteiger charge is -2.09. The molecular weight excluding hydrogens is 293 g/mol. The number of anilines is 1. The first-order valence-electron chi connectivity index (χ1n) is 5.67. The molecule has 6 nitrogen and oxygen atoms in total. The summed E-state index contributed by atoms with van der Waals surface area (Å²) in [6.45, 7) is -2.31. The maximum absolute atomic E-state index is 11.8.